The van der Waals surface area contributed by atoms with Crippen LogP contribution in [0.1, 0.15) is 30.0 Å². The second kappa shape index (κ2) is 5.65. The van der Waals surface area contributed by atoms with Crippen LogP contribution in [-0.2, 0) is 6.61 Å². The van der Waals surface area contributed by atoms with Gasteiger partial charge in [0.2, 0.25) is 0 Å². The first-order valence-electron chi connectivity index (χ1n) is 5.99. The van der Waals surface area contributed by atoms with Crippen molar-refractivity contribution in [2.75, 3.05) is 0 Å². The summed E-state index contributed by atoms with van der Waals surface area (Å²) in [7, 11) is 0. The van der Waals surface area contributed by atoms with E-state index in [9.17, 15) is 5.11 Å². The maximum atomic E-state index is 9.28. The number of aliphatic hydroxyl groups is 1. The van der Waals surface area contributed by atoms with E-state index in [4.69, 9.17) is 4.74 Å². The molecular formula is C15H17NO2. The zero-order valence-corrected chi connectivity index (χ0v) is 10.6. The van der Waals surface area contributed by atoms with Gasteiger partial charge in [-0.1, -0.05) is 30.3 Å². The minimum Gasteiger partial charge on any atom is -0.484 e. The molecule has 0 radical (unpaired) electrons. The number of aryl methyl sites for hydroxylation is 1. The Balaban J connectivity index is 2.19. The van der Waals surface area contributed by atoms with E-state index in [0.717, 1.165) is 11.3 Å². The third kappa shape index (κ3) is 2.87. The molecule has 0 aliphatic heterocycles. The molecule has 0 saturated carbocycles. The molecule has 2 aromatic rings. The van der Waals surface area contributed by atoms with E-state index >= 15 is 0 Å². The van der Waals surface area contributed by atoms with E-state index in [1.54, 1.807) is 0 Å². The van der Waals surface area contributed by atoms with Crippen LogP contribution in [0.15, 0.2) is 42.5 Å². The van der Waals surface area contributed by atoms with E-state index in [1.807, 2.05) is 56.3 Å². The van der Waals surface area contributed by atoms with Gasteiger partial charge in [-0.05, 0) is 31.5 Å². The summed E-state index contributed by atoms with van der Waals surface area (Å²) >= 11 is 0. The highest BCUT2D eigenvalue weighted by atomic mass is 16.5. The first kappa shape index (κ1) is 12.6. The molecular weight excluding hydrogens is 226 g/mol. The van der Waals surface area contributed by atoms with E-state index in [1.165, 1.54) is 0 Å². The van der Waals surface area contributed by atoms with Crippen LogP contribution in [0.25, 0.3) is 0 Å². The lowest BCUT2D eigenvalue weighted by molar-refractivity contribution is 0.210. The highest BCUT2D eigenvalue weighted by molar-refractivity contribution is 5.30. The number of ether oxygens (including phenoxy) is 1. The minimum atomic E-state index is -0.113. The lowest BCUT2D eigenvalue weighted by atomic mass is 10.1. The Bertz CT molecular complexity index is 511. The Morgan fingerprint density at radius 3 is 2.56 bits per heavy atom. The summed E-state index contributed by atoms with van der Waals surface area (Å²) in [5, 5.41) is 9.28. The van der Waals surface area contributed by atoms with Crippen molar-refractivity contribution in [3.05, 3.63) is 59.4 Å². The lowest BCUT2D eigenvalue weighted by Gasteiger charge is -2.17. The second-order valence-corrected chi connectivity index (χ2v) is 4.23. The molecule has 0 aliphatic rings. The molecule has 94 valence electrons. The molecule has 0 aliphatic carbocycles. The van der Waals surface area contributed by atoms with E-state index in [2.05, 4.69) is 4.98 Å². The van der Waals surface area contributed by atoms with E-state index < -0.39 is 0 Å². The number of hydrogen-bond donors (Lipinski definition) is 1. The molecule has 1 atom stereocenters. The van der Waals surface area contributed by atoms with Gasteiger partial charge in [0.1, 0.15) is 17.5 Å². The molecule has 0 spiro atoms. The van der Waals surface area contributed by atoms with Crippen LogP contribution in [-0.4, -0.2) is 10.1 Å². The number of nitrogens with zero attached hydrogens (tertiary/aromatic N) is 1. The summed E-state index contributed by atoms with van der Waals surface area (Å²) in [4.78, 5) is 4.26. The van der Waals surface area contributed by atoms with Crippen molar-refractivity contribution in [2.45, 2.75) is 26.6 Å². The van der Waals surface area contributed by atoms with Crippen LogP contribution in [0.4, 0.5) is 0 Å². The Kier molecular flexibility index (Phi) is 3.95. The second-order valence-electron chi connectivity index (χ2n) is 4.23. The van der Waals surface area contributed by atoms with Crippen LogP contribution in [0.5, 0.6) is 5.75 Å². The molecule has 18 heavy (non-hydrogen) atoms. The molecule has 0 bridgehead atoms. The largest absolute Gasteiger partial charge is 0.484 e. The van der Waals surface area contributed by atoms with Crippen molar-refractivity contribution in [3.63, 3.8) is 0 Å². The first-order chi connectivity index (χ1) is 8.70. The maximum absolute atomic E-state index is 9.28. The van der Waals surface area contributed by atoms with E-state index in [0.29, 0.717) is 11.4 Å². The monoisotopic (exact) mass is 243 g/mol. The van der Waals surface area contributed by atoms with Crippen molar-refractivity contribution >= 4 is 0 Å². The number of aliphatic hydroxyl groups excluding tert-OH is 1. The topological polar surface area (TPSA) is 42.4 Å². The third-order valence-electron chi connectivity index (χ3n) is 2.79. The van der Waals surface area contributed by atoms with Crippen LogP contribution in [0.2, 0.25) is 0 Å². The van der Waals surface area contributed by atoms with Gasteiger partial charge in [-0.3, -0.25) is 4.98 Å². The number of pyridine rings is 1. The summed E-state index contributed by atoms with van der Waals surface area (Å²) in [5.41, 5.74) is 2.55. The minimum absolute atomic E-state index is 0.0685. The number of benzene rings is 1. The van der Waals surface area contributed by atoms with Gasteiger partial charge in [0.25, 0.3) is 0 Å². The summed E-state index contributed by atoms with van der Waals surface area (Å²) in [5.74, 6) is 0.638. The van der Waals surface area contributed by atoms with Crippen molar-refractivity contribution in [2.24, 2.45) is 0 Å². The fraction of sp³-hybridized carbons (Fsp3) is 0.267. The lowest BCUT2D eigenvalue weighted by Crippen LogP contribution is -2.06. The van der Waals surface area contributed by atoms with Crippen LogP contribution in [0.3, 0.4) is 0 Å². The third-order valence-corrected chi connectivity index (χ3v) is 2.79. The molecule has 0 fully saturated rings. The highest BCUT2D eigenvalue weighted by Crippen LogP contribution is 2.24. The quantitative estimate of drug-likeness (QED) is 0.897. The SMILES string of the molecule is Cc1ccc(OC(C)c2ccccc2)c(CO)n1. The summed E-state index contributed by atoms with van der Waals surface area (Å²) in [6.45, 7) is 3.76. The molecule has 1 aromatic heterocycles. The molecule has 3 heteroatoms. The molecule has 0 saturated heterocycles. The fourth-order valence-electron chi connectivity index (χ4n) is 1.80. The molecule has 2 rings (SSSR count). The Labute approximate surface area is 107 Å². The van der Waals surface area contributed by atoms with Crippen LogP contribution >= 0.6 is 0 Å². The summed E-state index contributed by atoms with van der Waals surface area (Å²) < 4.78 is 5.85. The summed E-state index contributed by atoms with van der Waals surface area (Å²) in [6, 6.07) is 13.7. The average Bonchev–Trinajstić information content (AvgIpc) is 2.41. The Morgan fingerprint density at radius 1 is 1.17 bits per heavy atom. The molecule has 1 heterocycles. The first-order valence-corrected chi connectivity index (χ1v) is 5.99. The van der Waals surface area contributed by atoms with Crippen LogP contribution < -0.4 is 4.74 Å². The van der Waals surface area contributed by atoms with Gasteiger partial charge >= 0.3 is 0 Å². The normalized spacial score (nSPS) is 12.2. The molecule has 3 nitrogen and oxygen atoms in total. The maximum Gasteiger partial charge on any atom is 0.144 e. The van der Waals surface area contributed by atoms with Gasteiger partial charge < -0.3 is 9.84 Å². The van der Waals surface area contributed by atoms with Gasteiger partial charge in [-0.15, -0.1) is 0 Å². The van der Waals surface area contributed by atoms with Crippen molar-refractivity contribution in [3.8, 4) is 5.75 Å². The van der Waals surface area contributed by atoms with E-state index in [-0.39, 0.29) is 12.7 Å². The molecule has 1 N–H and O–H groups in total. The fourth-order valence-corrected chi connectivity index (χ4v) is 1.80. The van der Waals surface area contributed by atoms with Crippen molar-refractivity contribution in [1.29, 1.82) is 0 Å². The van der Waals surface area contributed by atoms with Gasteiger partial charge in [-0.2, -0.15) is 0 Å². The average molecular weight is 243 g/mol. The Morgan fingerprint density at radius 2 is 1.89 bits per heavy atom. The van der Waals surface area contributed by atoms with Crippen LogP contribution in [0, 0.1) is 6.92 Å². The summed E-state index contributed by atoms with van der Waals surface area (Å²) in [6.07, 6.45) is -0.0685. The highest BCUT2D eigenvalue weighted by Gasteiger charge is 2.10. The Hall–Kier alpha value is -1.87. The van der Waals surface area contributed by atoms with Crippen molar-refractivity contribution in [1.82, 2.24) is 4.98 Å². The predicted molar refractivity (Wildman–Crippen MR) is 70.4 cm³/mol. The van der Waals surface area contributed by atoms with Gasteiger partial charge in [0.05, 0.1) is 6.61 Å². The molecule has 1 aromatic carbocycles. The smallest absolute Gasteiger partial charge is 0.144 e. The number of rotatable bonds is 4. The van der Waals surface area contributed by atoms with Gasteiger partial charge in [0.15, 0.2) is 0 Å². The number of aromatic nitrogens is 1. The molecule has 0 amide bonds. The number of hydrogen-bond acceptors (Lipinski definition) is 3. The zero-order chi connectivity index (χ0) is 13.0. The predicted octanol–water partition coefficient (Wildman–Crippen LogP) is 3.02. The molecule has 1 unspecified atom stereocenters. The zero-order valence-electron chi connectivity index (χ0n) is 10.6. The standard InChI is InChI=1S/C15H17NO2/c1-11-8-9-15(14(10-17)16-11)18-12(2)13-6-4-3-5-7-13/h3-9,12,17H,10H2,1-2H3. The van der Waals surface area contributed by atoms with Gasteiger partial charge in [0, 0.05) is 5.69 Å². The van der Waals surface area contributed by atoms with Crippen molar-refractivity contribution < 1.29 is 9.84 Å². The van der Waals surface area contributed by atoms with Gasteiger partial charge in [-0.25, -0.2) is 0 Å².